The zero-order valence-electron chi connectivity index (χ0n) is 12.3. The van der Waals surface area contributed by atoms with Gasteiger partial charge in [-0.25, -0.2) is 9.59 Å². The van der Waals surface area contributed by atoms with Gasteiger partial charge in [0.05, 0.1) is 18.8 Å². The second-order valence-corrected chi connectivity index (χ2v) is 4.83. The largest absolute Gasteiger partial charge is 0.462 e. The molecule has 0 fully saturated rings. The Morgan fingerprint density at radius 2 is 1.84 bits per heavy atom. The monoisotopic (exact) mass is 268 g/mol. The Bertz CT molecular complexity index is 353. The fourth-order valence-corrected chi connectivity index (χ4v) is 1.14. The van der Waals surface area contributed by atoms with Gasteiger partial charge in [-0.05, 0) is 25.3 Å². The predicted molar refractivity (Wildman–Crippen MR) is 74.6 cm³/mol. The van der Waals surface area contributed by atoms with Crippen LogP contribution in [0.25, 0.3) is 0 Å². The Hall–Kier alpha value is -1.58. The maximum Gasteiger partial charge on any atom is 0.337 e. The highest BCUT2D eigenvalue weighted by molar-refractivity contribution is 5.95. The van der Waals surface area contributed by atoms with Crippen LogP contribution in [0.5, 0.6) is 0 Å². The number of ether oxygens (including phenoxy) is 2. The van der Waals surface area contributed by atoms with Gasteiger partial charge in [0.1, 0.15) is 0 Å². The van der Waals surface area contributed by atoms with Crippen molar-refractivity contribution in [1.29, 1.82) is 0 Å². The molecule has 0 bridgehead atoms. The van der Waals surface area contributed by atoms with E-state index in [1.54, 1.807) is 6.92 Å². The summed E-state index contributed by atoms with van der Waals surface area (Å²) in [7, 11) is 0. The second kappa shape index (κ2) is 9.36. The van der Waals surface area contributed by atoms with Gasteiger partial charge in [-0.2, -0.15) is 0 Å². The maximum absolute atomic E-state index is 11.6. The third-order valence-electron chi connectivity index (χ3n) is 2.25. The quantitative estimate of drug-likeness (QED) is 0.294. The SMILES string of the molecule is C=C(/C=C(\C)C(=O)OCC(C)C)C(=O)OCCCC. The Balaban J connectivity index is 4.29. The van der Waals surface area contributed by atoms with E-state index in [0.29, 0.717) is 18.8 Å². The van der Waals surface area contributed by atoms with Crippen molar-refractivity contribution in [3.8, 4) is 0 Å². The summed E-state index contributed by atoms with van der Waals surface area (Å²) in [5.41, 5.74) is 0.508. The van der Waals surface area contributed by atoms with Crippen LogP contribution in [-0.4, -0.2) is 25.2 Å². The maximum atomic E-state index is 11.6. The zero-order chi connectivity index (χ0) is 14.8. The van der Waals surface area contributed by atoms with Crippen LogP contribution in [0.2, 0.25) is 0 Å². The highest BCUT2D eigenvalue weighted by atomic mass is 16.5. The molecule has 0 aromatic rings. The van der Waals surface area contributed by atoms with Crippen LogP contribution >= 0.6 is 0 Å². The first-order valence-electron chi connectivity index (χ1n) is 6.59. The van der Waals surface area contributed by atoms with E-state index in [1.165, 1.54) is 6.08 Å². The van der Waals surface area contributed by atoms with Gasteiger partial charge in [0.15, 0.2) is 0 Å². The summed E-state index contributed by atoms with van der Waals surface area (Å²) in [5, 5.41) is 0. The van der Waals surface area contributed by atoms with Crippen LogP contribution in [-0.2, 0) is 19.1 Å². The van der Waals surface area contributed by atoms with Crippen LogP contribution in [0, 0.1) is 5.92 Å². The molecule has 0 unspecified atom stereocenters. The van der Waals surface area contributed by atoms with Gasteiger partial charge in [-0.1, -0.05) is 33.8 Å². The van der Waals surface area contributed by atoms with Crippen LogP contribution in [0.3, 0.4) is 0 Å². The predicted octanol–water partition coefficient (Wildman–Crippen LogP) is 3.03. The summed E-state index contributed by atoms with van der Waals surface area (Å²) in [5.74, 6) is -0.653. The number of carbonyl (C=O) groups excluding carboxylic acids is 2. The highest BCUT2D eigenvalue weighted by Gasteiger charge is 2.11. The summed E-state index contributed by atoms with van der Waals surface area (Å²) < 4.78 is 10.0. The normalized spacial score (nSPS) is 11.3. The number of hydrogen-bond donors (Lipinski definition) is 0. The summed E-state index contributed by atoms with van der Waals surface area (Å²) in [6.45, 7) is 11.8. The van der Waals surface area contributed by atoms with E-state index in [9.17, 15) is 9.59 Å². The molecule has 4 nitrogen and oxygen atoms in total. The van der Waals surface area contributed by atoms with Gasteiger partial charge >= 0.3 is 11.9 Å². The molecule has 0 saturated heterocycles. The molecule has 0 atom stereocenters. The molecule has 0 amide bonds. The third-order valence-corrected chi connectivity index (χ3v) is 2.25. The molecular weight excluding hydrogens is 244 g/mol. The molecule has 19 heavy (non-hydrogen) atoms. The Morgan fingerprint density at radius 3 is 2.37 bits per heavy atom. The molecule has 0 aromatic heterocycles. The molecule has 0 aliphatic heterocycles. The molecule has 4 heteroatoms. The van der Waals surface area contributed by atoms with E-state index in [-0.39, 0.29) is 11.5 Å². The second-order valence-electron chi connectivity index (χ2n) is 4.83. The molecule has 0 N–H and O–H groups in total. The van der Waals surface area contributed by atoms with Crippen molar-refractivity contribution in [3.63, 3.8) is 0 Å². The van der Waals surface area contributed by atoms with Crippen molar-refractivity contribution in [3.05, 3.63) is 23.8 Å². The fraction of sp³-hybridized carbons (Fsp3) is 0.600. The summed E-state index contributed by atoms with van der Waals surface area (Å²) in [4.78, 5) is 23.1. The number of unbranched alkanes of at least 4 members (excludes halogenated alkanes) is 1. The van der Waals surface area contributed by atoms with Crippen LogP contribution in [0.4, 0.5) is 0 Å². The lowest BCUT2D eigenvalue weighted by Gasteiger charge is -2.08. The van der Waals surface area contributed by atoms with Crippen molar-refractivity contribution in [2.24, 2.45) is 5.92 Å². The zero-order valence-corrected chi connectivity index (χ0v) is 12.3. The van der Waals surface area contributed by atoms with Gasteiger partial charge in [-0.3, -0.25) is 0 Å². The first-order chi connectivity index (χ1) is 8.88. The molecule has 0 radical (unpaired) electrons. The van der Waals surface area contributed by atoms with Gasteiger partial charge in [0, 0.05) is 5.57 Å². The molecule has 0 aromatic carbocycles. The Labute approximate surface area is 115 Å². The molecule has 0 aliphatic carbocycles. The standard InChI is InChI=1S/C15H24O4/c1-6-7-8-18-14(16)12(4)9-13(5)15(17)19-10-11(2)3/h9,11H,4,6-8,10H2,1-3,5H3/b13-9+. The number of rotatable bonds is 8. The van der Waals surface area contributed by atoms with E-state index in [0.717, 1.165) is 12.8 Å². The molecule has 108 valence electrons. The Morgan fingerprint density at radius 1 is 1.21 bits per heavy atom. The van der Waals surface area contributed by atoms with Gasteiger partial charge in [-0.15, -0.1) is 0 Å². The average molecular weight is 268 g/mol. The topological polar surface area (TPSA) is 52.6 Å². The lowest BCUT2D eigenvalue weighted by atomic mass is 10.2. The first-order valence-corrected chi connectivity index (χ1v) is 6.59. The smallest absolute Gasteiger partial charge is 0.337 e. The molecule has 0 rings (SSSR count). The molecule has 0 aliphatic rings. The lowest BCUT2D eigenvalue weighted by molar-refractivity contribution is -0.140. The molecule has 0 saturated carbocycles. The number of esters is 2. The summed E-state index contributed by atoms with van der Waals surface area (Å²) >= 11 is 0. The number of carbonyl (C=O) groups is 2. The van der Waals surface area contributed by atoms with Gasteiger partial charge in [0.25, 0.3) is 0 Å². The Kier molecular flexibility index (Phi) is 8.58. The molecule has 0 spiro atoms. The number of hydrogen-bond acceptors (Lipinski definition) is 4. The lowest BCUT2D eigenvalue weighted by Crippen LogP contribution is -2.12. The third kappa shape index (κ3) is 8.19. The minimum absolute atomic E-state index is 0.162. The van der Waals surface area contributed by atoms with E-state index in [2.05, 4.69) is 6.58 Å². The van der Waals surface area contributed by atoms with Crippen LogP contribution in [0.15, 0.2) is 23.8 Å². The van der Waals surface area contributed by atoms with E-state index >= 15 is 0 Å². The summed E-state index contributed by atoms with van der Waals surface area (Å²) in [6.07, 6.45) is 3.17. The van der Waals surface area contributed by atoms with Crippen LogP contribution < -0.4 is 0 Å². The summed E-state index contributed by atoms with van der Waals surface area (Å²) in [6, 6.07) is 0. The van der Waals surface area contributed by atoms with Crippen molar-refractivity contribution >= 4 is 11.9 Å². The first kappa shape index (κ1) is 17.4. The van der Waals surface area contributed by atoms with Gasteiger partial charge < -0.3 is 9.47 Å². The van der Waals surface area contributed by atoms with E-state index in [4.69, 9.17) is 9.47 Å². The minimum Gasteiger partial charge on any atom is -0.462 e. The van der Waals surface area contributed by atoms with Crippen molar-refractivity contribution in [1.82, 2.24) is 0 Å². The highest BCUT2D eigenvalue weighted by Crippen LogP contribution is 2.06. The van der Waals surface area contributed by atoms with Crippen molar-refractivity contribution < 1.29 is 19.1 Å². The van der Waals surface area contributed by atoms with Crippen molar-refractivity contribution in [2.75, 3.05) is 13.2 Å². The average Bonchev–Trinajstić information content (AvgIpc) is 2.35. The van der Waals surface area contributed by atoms with Crippen LogP contribution in [0.1, 0.15) is 40.5 Å². The van der Waals surface area contributed by atoms with Gasteiger partial charge in [0.2, 0.25) is 0 Å². The fourth-order valence-electron chi connectivity index (χ4n) is 1.14. The molecular formula is C15H24O4. The van der Waals surface area contributed by atoms with E-state index in [1.807, 2.05) is 20.8 Å². The molecule has 0 heterocycles. The van der Waals surface area contributed by atoms with E-state index < -0.39 is 11.9 Å². The minimum atomic E-state index is -0.496. The van der Waals surface area contributed by atoms with Crippen molar-refractivity contribution in [2.45, 2.75) is 40.5 Å².